The Morgan fingerprint density at radius 3 is 2.55 bits per heavy atom. The molecule has 4 heterocycles. The standard InChI is InChI=1S/C23H23N5O/c1-3-27-13-18(14-27)21-6-7-22(25-24-21)20-5-4-16(12-23(20)29)17-8-9-28-19(11-17)10-15(2)26-28/h4-12,18,29H,3,13-14H2,1-2H3. The molecule has 0 bridgehead atoms. The first-order chi connectivity index (χ1) is 14.1. The zero-order valence-corrected chi connectivity index (χ0v) is 16.6. The van der Waals surface area contributed by atoms with Crippen LogP contribution in [0.15, 0.2) is 54.7 Å². The SMILES string of the molecule is CCN1CC(c2ccc(-c3ccc(-c4ccn5nc(C)cc5c4)cc3O)nn2)C1. The number of phenolic OH excluding ortho intramolecular Hbond substituents is 1. The summed E-state index contributed by atoms with van der Waals surface area (Å²) in [4.78, 5) is 2.38. The normalized spacial score (nSPS) is 15.0. The van der Waals surface area contributed by atoms with Crippen molar-refractivity contribution in [3.8, 4) is 28.1 Å². The molecule has 3 aromatic heterocycles. The average Bonchev–Trinajstić information content (AvgIpc) is 3.07. The van der Waals surface area contributed by atoms with E-state index in [0.717, 1.165) is 47.7 Å². The van der Waals surface area contributed by atoms with Crippen LogP contribution in [0.2, 0.25) is 0 Å². The highest BCUT2D eigenvalue weighted by Gasteiger charge is 2.28. The molecule has 1 aromatic carbocycles. The lowest BCUT2D eigenvalue weighted by molar-refractivity contribution is 0.154. The van der Waals surface area contributed by atoms with E-state index < -0.39 is 0 Å². The Morgan fingerprint density at radius 1 is 1.00 bits per heavy atom. The molecule has 0 atom stereocenters. The molecule has 0 unspecified atom stereocenters. The molecule has 6 nitrogen and oxygen atoms in total. The van der Waals surface area contributed by atoms with E-state index in [-0.39, 0.29) is 5.75 Å². The van der Waals surface area contributed by atoms with Crippen LogP contribution >= 0.6 is 0 Å². The fourth-order valence-electron chi connectivity index (χ4n) is 3.95. The molecule has 0 spiro atoms. The number of aromatic nitrogens is 4. The Hall–Kier alpha value is -3.25. The van der Waals surface area contributed by atoms with Gasteiger partial charge in [0.05, 0.1) is 22.6 Å². The topological polar surface area (TPSA) is 66.5 Å². The minimum absolute atomic E-state index is 0.204. The summed E-state index contributed by atoms with van der Waals surface area (Å²) in [6, 6.07) is 15.8. The summed E-state index contributed by atoms with van der Waals surface area (Å²) in [6.07, 6.45) is 1.94. The summed E-state index contributed by atoms with van der Waals surface area (Å²) >= 11 is 0. The Balaban J connectivity index is 1.40. The highest BCUT2D eigenvalue weighted by Crippen LogP contribution is 2.33. The molecule has 1 fully saturated rings. The van der Waals surface area contributed by atoms with Crippen molar-refractivity contribution in [2.45, 2.75) is 19.8 Å². The van der Waals surface area contributed by atoms with Crippen molar-refractivity contribution in [1.82, 2.24) is 24.7 Å². The van der Waals surface area contributed by atoms with Crippen LogP contribution in [0.3, 0.4) is 0 Å². The molecular weight excluding hydrogens is 362 g/mol. The number of hydrogen-bond donors (Lipinski definition) is 1. The number of hydrogen-bond acceptors (Lipinski definition) is 5. The maximum Gasteiger partial charge on any atom is 0.125 e. The molecule has 1 aliphatic heterocycles. The lowest BCUT2D eigenvalue weighted by Gasteiger charge is -2.37. The van der Waals surface area contributed by atoms with Gasteiger partial charge < -0.3 is 10.0 Å². The molecule has 0 aliphatic carbocycles. The average molecular weight is 385 g/mol. The zero-order valence-electron chi connectivity index (χ0n) is 16.6. The van der Waals surface area contributed by atoms with E-state index in [4.69, 9.17) is 0 Å². The third-order valence-corrected chi connectivity index (χ3v) is 5.70. The number of phenols is 1. The molecule has 0 amide bonds. The largest absolute Gasteiger partial charge is 0.507 e. The molecule has 5 rings (SSSR count). The maximum atomic E-state index is 10.6. The second-order valence-electron chi connectivity index (χ2n) is 7.70. The summed E-state index contributed by atoms with van der Waals surface area (Å²) in [5.41, 5.74) is 6.40. The second kappa shape index (κ2) is 6.97. The number of fused-ring (bicyclic) bond motifs is 1. The van der Waals surface area contributed by atoms with E-state index in [2.05, 4.69) is 33.2 Å². The van der Waals surface area contributed by atoms with E-state index in [1.807, 2.05) is 54.0 Å². The van der Waals surface area contributed by atoms with Crippen LogP contribution in [0, 0.1) is 6.92 Å². The van der Waals surface area contributed by atoms with Crippen molar-refractivity contribution in [3.63, 3.8) is 0 Å². The highest BCUT2D eigenvalue weighted by molar-refractivity contribution is 5.76. The summed E-state index contributed by atoms with van der Waals surface area (Å²) in [6.45, 7) is 7.32. The summed E-state index contributed by atoms with van der Waals surface area (Å²) in [7, 11) is 0. The van der Waals surface area contributed by atoms with Gasteiger partial charge in [-0.25, -0.2) is 4.52 Å². The third-order valence-electron chi connectivity index (χ3n) is 5.70. The van der Waals surface area contributed by atoms with E-state index >= 15 is 0 Å². The van der Waals surface area contributed by atoms with E-state index in [1.165, 1.54) is 0 Å². The number of pyridine rings is 1. The van der Waals surface area contributed by atoms with Gasteiger partial charge in [0.2, 0.25) is 0 Å². The number of benzene rings is 1. The van der Waals surface area contributed by atoms with Crippen molar-refractivity contribution >= 4 is 5.52 Å². The first-order valence-corrected chi connectivity index (χ1v) is 9.96. The fraction of sp³-hybridized carbons (Fsp3) is 0.261. The predicted octanol–water partition coefficient (Wildman–Crippen LogP) is 3.89. The van der Waals surface area contributed by atoms with Crippen molar-refractivity contribution in [2.24, 2.45) is 0 Å². The minimum atomic E-state index is 0.204. The summed E-state index contributed by atoms with van der Waals surface area (Å²) in [5, 5.41) is 23.8. The molecule has 4 aromatic rings. The quantitative estimate of drug-likeness (QED) is 0.577. The van der Waals surface area contributed by atoms with Gasteiger partial charge in [0, 0.05) is 30.8 Å². The van der Waals surface area contributed by atoms with Crippen LogP contribution in [-0.4, -0.2) is 49.5 Å². The zero-order chi connectivity index (χ0) is 20.0. The van der Waals surface area contributed by atoms with E-state index in [0.29, 0.717) is 17.2 Å². The molecule has 29 heavy (non-hydrogen) atoms. The van der Waals surface area contributed by atoms with Crippen LogP contribution < -0.4 is 0 Å². The molecule has 0 saturated carbocycles. The summed E-state index contributed by atoms with van der Waals surface area (Å²) in [5.74, 6) is 0.671. The number of likely N-dealkylation sites (tertiary alicyclic amines) is 1. The number of aryl methyl sites for hydroxylation is 1. The Morgan fingerprint density at radius 2 is 1.83 bits per heavy atom. The fourth-order valence-corrected chi connectivity index (χ4v) is 3.95. The molecule has 1 N–H and O–H groups in total. The van der Waals surface area contributed by atoms with Gasteiger partial charge in [0.1, 0.15) is 5.75 Å². The monoisotopic (exact) mass is 385 g/mol. The van der Waals surface area contributed by atoms with Gasteiger partial charge in [0.25, 0.3) is 0 Å². The second-order valence-corrected chi connectivity index (χ2v) is 7.70. The molecular formula is C23H23N5O. The van der Waals surface area contributed by atoms with Gasteiger partial charge in [-0.1, -0.05) is 13.0 Å². The van der Waals surface area contributed by atoms with Crippen molar-refractivity contribution in [2.75, 3.05) is 19.6 Å². The van der Waals surface area contributed by atoms with Gasteiger partial charge >= 0.3 is 0 Å². The minimum Gasteiger partial charge on any atom is -0.507 e. The molecule has 1 aliphatic rings. The third kappa shape index (κ3) is 3.25. The molecule has 146 valence electrons. The number of nitrogens with zero attached hydrogens (tertiary/aromatic N) is 5. The summed E-state index contributed by atoms with van der Waals surface area (Å²) < 4.78 is 1.85. The van der Waals surface area contributed by atoms with Crippen molar-refractivity contribution in [1.29, 1.82) is 0 Å². The van der Waals surface area contributed by atoms with Gasteiger partial charge in [-0.2, -0.15) is 15.3 Å². The Bertz CT molecular complexity index is 1180. The Labute approximate surface area is 169 Å². The van der Waals surface area contributed by atoms with E-state index in [1.54, 1.807) is 6.07 Å². The van der Waals surface area contributed by atoms with Gasteiger partial charge in [0.15, 0.2) is 0 Å². The smallest absolute Gasteiger partial charge is 0.125 e. The van der Waals surface area contributed by atoms with Crippen LogP contribution in [0.4, 0.5) is 0 Å². The van der Waals surface area contributed by atoms with Crippen LogP contribution in [0.1, 0.15) is 24.2 Å². The predicted molar refractivity (Wildman–Crippen MR) is 113 cm³/mol. The number of likely N-dealkylation sites (N-methyl/N-ethyl adjacent to an activating group) is 1. The first-order valence-electron chi connectivity index (χ1n) is 9.96. The van der Waals surface area contributed by atoms with Crippen LogP contribution in [-0.2, 0) is 0 Å². The highest BCUT2D eigenvalue weighted by atomic mass is 16.3. The molecule has 1 saturated heterocycles. The lowest BCUT2D eigenvalue weighted by Crippen LogP contribution is -2.44. The molecule has 0 radical (unpaired) electrons. The van der Waals surface area contributed by atoms with E-state index in [9.17, 15) is 5.11 Å². The number of aromatic hydroxyl groups is 1. The van der Waals surface area contributed by atoms with Crippen LogP contribution in [0.5, 0.6) is 5.75 Å². The Kier molecular flexibility index (Phi) is 4.28. The van der Waals surface area contributed by atoms with Crippen molar-refractivity contribution in [3.05, 3.63) is 66.1 Å². The van der Waals surface area contributed by atoms with Crippen molar-refractivity contribution < 1.29 is 5.11 Å². The number of rotatable bonds is 4. The van der Waals surface area contributed by atoms with Gasteiger partial charge in [-0.3, -0.25) is 0 Å². The molecule has 6 heteroatoms. The van der Waals surface area contributed by atoms with Crippen LogP contribution in [0.25, 0.3) is 27.9 Å². The maximum absolute atomic E-state index is 10.6. The first kappa shape index (κ1) is 17.8. The van der Waals surface area contributed by atoms with Gasteiger partial charge in [-0.15, -0.1) is 0 Å². The lowest BCUT2D eigenvalue weighted by atomic mass is 9.96. The van der Waals surface area contributed by atoms with Gasteiger partial charge in [-0.05, 0) is 67.1 Å².